The minimum Gasteiger partial charge on any atom is -0.325 e. The fourth-order valence-electron chi connectivity index (χ4n) is 1.83. The van der Waals surface area contributed by atoms with Crippen molar-refractivity contribution < 1.29 is 4.79 Å². The van der Waals surface area contributed by atoms with Crippen LogP contribution in [0.2, 0.25) is 0 Å². The highest BCUT2D eigenvalue weighted by Gasteiger charge is 2.11. The van der Waals surface area contributed by atoms with Gasteiger partial charge in [0.25, 0.3) is 5.91 Å². The van der Waals surface area contributed by atoms with E-state index in [1.807, 2.05) is 14.0 Å². The zero-order chi connectivity index (χ0) is 13.8. The lowest BCUT2D eigenvalue weighted by Crippen LogP contribution is -2.13. The van der Waals surface area contributed by atoms with Gasteiger partial charge in [-0.2, -0.15) is 5.10 Å². The number of aryl methyl sites for hydroxylation is 2. The number of nitrogens with zero attached hydrogens (tertiary/aromatic N) is 3. The highest BCUT2D eigenvalue weighted by atomic mass is 35.5. The number of hydrogen-bond donors (Lipinski definition) is 2. The summed E-state index contributed by atoms with van der Waals surface area (Å²) >= 11 is 0. The molecular formula is C13H18ClN5O. The number of carbonyl (C=O) groups is 1. The third-order valence-electron chi connectivity index (χ3n) is 2.78. The molecule has 0 fully saturated rings. The average molecular weight is 296 g/mol. The van der Waals surface area contributed by atoms with Crippen molar-refractivity contribution in [1.82, 2.24) is 14.8 Å². The van der Waals surface area contributed by atoms with Gasteiger partial charge >= 0.3 is 0 Å². The summed E-state index contributed by atoms with van der Waals surface area (Å²) < 4.78 is 1.69. The van der Waals surface area contributed by atoms with Crippen molar-refractivity contribution in [3.05, 3.63) is 41.5 Å². The molecule has 2 heterocycles. The largest absolute Gasteiger partial charge is 0.325 e. The molecule has 0 atom stereocenters. The molecule has 0 unspecified atom stereocenters. The summed E-state index contributed by atoms with van der Waals surface area (Å²) in [5.41, 5.74) is 8.35. The summed E-state index contributed by atoms with van der Waals surface area (Å²) in [7, 11) is 1.83. The molecular weight excluding hydrogens is 278 g/mol. The van der Waals surface area contributed by atoms with E-state index in [-0.39, 0.29) is 18.3 Å². The molecule has 0 spiro atoms. The van der Waals surface area contributed by atoms with Gasteiger partial charge < -0.3 is 11.1 Å². The van der Waals surface area contributed by atoms with Gasteiger partial charge in [0, 0.05) is 31.5 Å². The Balaban J connectivity index is 0.00000200. The highest BCUT2D eigenvalue weighted by Crippen LogP contribution is 2.15. The van der Waals surface area contributed by atoms with Crippen molar-refractivity contribution in [3.8, 4) is 0 Å². The smallest absolute Gasteiger partial charge is 0.255 e. The van der Waals surface area contributed by atoms with Crippen LogP contribution in [0.1, 0.15) is 28.7 Å². The van der Waals surface area contributed by atoms with E-state index < -0.39 is 0 Å². The molecule has 2 aromatic heterocycles. The first-order valence-electron chi connectivity index (χ1n) is 6.13. The predicted molar refractivity (Wildman–Crippen MR) is 79.9 cm³/mol. The maximum absolute atomic E-state index is 12.1. The first kappa shape index (κ1) is 16.1. The molecule has 2 rings (SSSR count). The topological polar surface area (TPSA) is 85.8 Å². The fourth-order valence-corrected chi connectivity index (χ4v) is 1.83. The number of pyridine rings is 1. The van der Waals surface area contributed by atoms with E-state index in [4.69, 9.17) is 5.73 Å². The Morgan fingerprint density at radius 2 is 2.25 bits per heavy atom. The number of hydrogen-bond acceptors (Lipinski definition) is 4. The van der Waals surface area contributed by atoms with Crippen LogP contribution in [0, 0.1) is 0 Å². The van der Waals surface area contributed by atoms with Crippen molar-refractivity contribution in [2.24, 2.45) is 12.8 Å². The molecule has 0 saturated heterocycles. The molecule has 2 aromatic rings. The first-order chi connectivity index (χ1) is 9.13. The quantitative estimate of drug-likeness (QED) is 0.895. The number of amides is 1. The lowest BCUT2D eigenvalue weighted by molar-refractivity contribution is 0.102. The van der Waals surface area contributed by atoms with Crippen molar-refractivity contribution in [2.75, 3.05) is 5.32 Å². The summed E-state index contributed by atoms with van der Waals surface area (Å²) in [5.74, 6) is -0.181. The summed E-state index contributed by atoms with van der Waals surface area (Å²) in [6, 6.07) is 3.35. The maximum Gasteiger partial charge on any atom is 0.255 e. The van der Waals surface area contributed by atoms with Crippen LogP contribution in [-0.2, 0) is 20.0 Å². The lowest BCUT2D eigenvalue weighted by Gasteiger charge is -2.05. The highest BCUT2D eigenvalue weighted by molar-refractivity contribution is 6.04. The molecule has 7 heteroatoms. The Labute approximate surface area is 123 Å². The normalized spacial score (nSPS) is 9.95. The Bertz CT molecular complexity index is 596. The Kier molecular flexibility index (Phi) is 5.66. The average Bonchev–Trinajstić information content (AvgIpc) is 2.78. The molecule has 0 saturated carbocycles. The van der Waals surface area contributed by atoms with Gasteiger partial charge in [0.2, 0.25) is 0 Å². The van der Waals surface area contributed by atoms with Crippen LogP contribution in [0.25, 0.3) is 0 Å². The molecule has 0 aliphatic rings. The number of nitrogens with one attached hydrogen (secondary N) is 1. The molecule has 0 radical (unpaired) electrons. The number of nitrogens with two attached hydrogens (primary N) is 1. The van der Waals surface area contributed by atoms with Crippen molar-refractivity contribution in [3.63, 3.8) is 0 Å². The van der Waals surface area contributed by atoms with Gasteiger partial charge in [-0.15, -0.1) is 12.4 Å². The summed E-state index contributed by atoms with van der Waals surface area (Å²) in [4.78, 5) is 16.2. The van der Waals surface area contributed by atoms with Gasteiger partial charge in [0.05, 0.1) is 17.1 Å². The van der Waals surface area contributed by atoms with Crippen LogP contribution in [0.3, 0.4) is 0 Å². The Morgan fingerprint density at radius 1 is 1.50 bits per heavy atom. The van der Waals surface area contributed by atoms with Crippen LogP contribution in [0.15, 0.2) is 24.5 Å². The van der Waals surface area contributed by atoms with Crippen LogP contribution in [0.4, 0.5) is 5.69 Å². The Hall–Kier alpha value is -1.92. The second-order valence-electron chi connectivity index (χ2n) is 4.21. The van der Waals surface area contributed by atoms with Crippen molar-refractivity contribution in [2.45, 2.75) is 19.9 Å². The summed E-state index contributed by atoms with van der Waals surface area (Å²) in [6.07, 6.45) is 4.14. The molecule has 1 amide bonds. The first-order valence-corrected chi connectivity index (χ1v) is 6.13. The number of rotatable bonds is 4. The van der Waals surface area contributed by atoms with Crippen LogP contribution in [-0.4, -0.2) is 20.7 Å². The zero-order valence-electron chi connectivity index (χ0n) is 11.5. The molecule has 0 bridgehead atoms. The predicted octanol–water partition coefficient (Wildman–Crippen LogP) is 1.51. The van der Waals surface area contributed by atoms with Gasteiger partial charge in [0.1, 0.15) is 0 Å². The third-order valence-corrected chi connectivity index (χ3v) is 2.78. The number of aromatic nitrogens is 3. The molecule has 0 aliphatic heterocycles. The molecule has 0 aliphatic carbocycles. The van der Waals surface area contributed by atoms with Crippen LogP contribution in [0.5, 0.6) is 0 Å². The van der Waals surface area contributed by atoms with Crippen LogP contribution >= 0.6 is 12.4 Å². The zero-order valence-corrected chi connectivity index (χ0v) is 12.3. The standard InChI is InChI=1S/C13H17N5O.ClH/c1-3-11-12(8-18(2)17-11)16-13(19)9-4-5-15-10(6-9)7-14;/h4-6,8H,3,7,14H2,1-2H3,(H,16,19);1H. The number of carbonyl (C=O) groups excluding carboxylic acids is 1. The van der Waals surface area contributed by atoms with E-state index >= 15 is 0 Å². The van der Waals surface area contributed by atoms with Crippen molar-refractivity contribution >= 4 is 24.0 Å². The molecule has 0 aromatic carbocycles. The molecule has 20 heavy (non-hydrogen) atoms. The minimum atomic E-state index is -0.181. The van der Waals surface area contributed by atoms with E-state index in [1.165, 1.54) is 0 Å². The molecule has 6 nitrogen and oxygen atoms in total. The van der Waals surface area contributed by atoms with Gasteiger partial charge in [0.15, 0.2) is 0 Å². The second kappa shape index (κ2) is 7.02. The van der Waals surface area contributed by atoms with Gasteiger partial charge in [-0.1, -0.05) is 6.92 Å². The van der Waals surface area contributed by atoms with Gasteiger partial charge in [-0.3, -0.25) is 14.5 Å². The van der Waals surface area contributed by atoms with E-state index in [2.05, 4.69) is 15.4 Å². The van der Waals surface area contributed by atoms with E-state index in [0.717, 1.165) is 17.8 Å². The maximum atomic E-state index is 12.1. The third kappa shape index (κ3) is 3.55. The fraction of sp³-hybridized carbons (Fsp3) is 0.308. The lowest BCUT2D eigenvalue weighted by atomic mass is 10.2. The minimum absolute atomic E-state index is 0. The Morgan fingerprint density at radius 3 is 2.90 bits per heavy atom. The van der Waals surface area contributed by atoms with E-state index in [9.17, 15) is 4.79 Å². The monoisotopic (exact) mass is 295 g/mol. The van der Waals surface area contributed by atoms with Gasteiger partial charge in [-0.25, -0.2) is 0 Å². The molecule has 108 valence electrons. The van der Waals surface area contributed by atoms with E-state index in [0.29, 0.717) is 17.8 Å². The molecule has 3 N–H and O–H groups in total. The number of halogens is 1. The summed E-state index contributed by atoms with van der Waals surface area (Å²) in [6.45, 7) is 2.31. The number of anilines is 1. The van der Waals surface area contributed by atoms with Gasteiger partial charge in [-0.05, 0) is 18.6 Å². The SMILES string of the molecule is CCc1nn(C)cc1NC(=O)c1ccnc(CN)c1.Cl. The second-order valence-corrected chi connectivity index (χ2v) is 4.21. The summed E-state index contributed by atoms with van der Waals surface area (Å²) in [5, 5.41) is 7.14. The van der Waals surface area contributed by atoms with Crippen LogP contribution < -0.4 is 11.1 Å². The van der Waals surface area contributed by atoms with E-state index in [1.54, 1.807) is 29.2 Å². The van der Waals surface area contributed by atoms with Crippen molar-refractivity contribution in [1.29, 1.82) is 0 Å².